The van der Waals surface area contributed by atoms with Gasteiger partial charge in [0.2, 0.25) is 0 Å². The van der Waals surface area contributed by atoms with Crippen LogP contribution in [0.5, 0.6) is 0 Å². The summed E-state index contributed by atoms with van der Waals surface area (Å²) in [5.74, 6) is -0.274. The van der Waals surface area contributed by atoms with Gasteiger partial charge in [0.05, 0.1) is 0 Å². The van der Waals surface area contributed by atoms with Crippen LogP contribution in [0.1, 0.15) is 25.3 Å². The maximum Gasteiger partial charge on any atom is 0.123 e. The molecule has 1 unspecified atom stereocenters. The highest BCUT2D eigenvalue weighted by Gasteiger charge is 2.49. The Morgan fingerprint density at radius 1 is 1.38 bits per heavy atom. The van der Waals surface area contributed by atoms with Crippen LogP contribution in [0.2, 0.25) is 0 Å². The number of hydrogen-bond donors (Lipinski definition) is 0. The van der Waals surface area contributed by atoms with E-state index in [0.29, 0.717) is 0 Å². The molecule has 0 radical (unpaired) electrons. The predicted octanol–water partition coefficient (Wildman–Crippen LogP) is 3.22. The van der Waals surface area contributed by atoms with Crippen LogP contribution >= 0.6 is 0 Å². The Morgan fingerprint density at radius 2 is 2.08 bits per heavy atom. The van der Waals surface area contributed by atoms with Crippen LogP contribution in [-0.4, -0.2) is 6.17 Å². The van der Waals surface area contributed by atoms with E-state index in [-0.39, 0.29) is 11.2 Å². The van der Waals surface area contributed by atoms with Crippen molar-refractivity contribution in [3.05, 3.63) is 35.6 Å². The topological polar surface area (TPSA) is 0 Å². The summed E-state index contributed by atoms with van der Waals surface area (Å²) < 4.78 is 26.1. The van der Waals surface area contributed by atoms with Crippen molar-refractivity contribution >= 4 is 0 Å². The van der Waals surface area contributed by atoms with Gasteiger partial charge < -0.3 is 0 Å². The van der Waals surface area contributed by atoms with Crippen LogP contribution in [0, 0.1) is 5.82 Å². The quantitative estimate of drug-likeness (QED) is 0.658. The minimum absolute atomic E-state index is 0.274. The van der Waals surface area contributed by atoms with Crippen molar-refractivity contribution < 1.29 is 8.78 Å². The standard InChI is InChI=1S/C11H12F2/c1-8(12)11(5-6-11)9-3-2-4-10(13)7-9/h2-4,7-8H,5-6H2,1H3. The Balaban J connectivity index is 2.35. The van der Waals surface area contributed by atoms with Gasteiger partial charge in [0.25, 0.3) is 0 Å². The van der Waals surface area contributed by atoms with Gasteiger partial charge in [-0.15, -0.1) is 0 Å². The molecule has 0 heterocycles. The van der Waals surface area contributed by atoms with Gasteiger partial charge >= 0.3 is 0 Å². The Bertz CT molecular complexity index is 314. The molecule has 70 valence electrons. The van der Waals surface area contributed by atoms with Crippen molar-refractivity contribution in [3.8, 4) is 0 Å². The van der Waals surface area contributed by atoms with Crippen molar-refractivity contribution in [2.24, 2.45) is 0 Å². The van der Waals surface area contributed by atoms with Crippen LogP contribution in [-0.2, 0) is 5.41 Å². The Labute approximate surface area is 76.6 Å². The summed E-state index contributed by atoms with van der Waals surface area (Å²) in [6.07, 6.45) is 0.802. The number of halogens is 2. The predicted molar refractivity (Wildman–Crippen MR) is 47.9 cm³/mol. The molecule has 1 aliphatic rings. The van der Waals surface area contributed by atoms with Gasteiger partial charge in [-0.3, -0.25) is 0 Å². The van der Waals surface area contributed by atoms with E-state index in [1.807, 2.05) is 6.07 Å². The lowest BCUT2D eigenvalue weighted by molar-refractivity contribution is 0.290. The first-order valence-electron chi connectivity index (χ1n) is 4.55. The Hall–Kier alpha value is -0.920. The molecular formula is C11H12F2. The molecule has 1 aromatic rings. The molecular weight excluding hydrogens is 170 g/mol. The van der Waals surface area contributed by atoms with E-state index < -0.39 is 6.17 Å². The second-order valence-corrected chi connectivity index (χ2v) is 3.78. The largest absolute Gasteiger partial charge is 0.247 e. The van der Waals surface area contributed by atoms with Crippen molar-refractivity contribution in [2.75, 3.05) is 0 Å². The maximum atomic E-state index is 13.2. The first kappa shape index (κ1) is 8.67. The van der Waals surface area contributed by atoms with Gasteiger partial charge in [-0.1, -0.05) is 12.1 Å². The normalized spacial score (nSPS) is 21.2. The molecule has 0 spiro atoms. The van der Waals surface area contributed by atoms with Crippen molar-refractivity contribution in [1.82, 2.24) is 0 Å². The highest BCUT2D eigenvalue weighted by Crippen LogP contribution is 2.52. The van der Waals surface area contributed by atoms with Gasteiger partial charge in [0.15, 0.2) is 0 Å². The highest BCUT2D eigenvalue weighted by molar-refractivity contribution is 5.33. The molecule has 1 atom stereocenters. The monoisotopic (exact) mass is 182 g/mol. The molecule has 2 heteroatoms. The first-order chi connectivity index (χ1) is 6.15. The zero-order chi connectivity index (χ0) is 9.47. The van der Waals surface area contributed by atoms with Gasteiger partial charge in [-0.25, -0.2) is 8.78 Å². The zero-order valence-corrected chi connectivity index (χ0v) is 7.56. The summed E-state index contributed by atoms with van der Waals surface area (Å²) in [4.78, 5) is 0. The first-order valence-corrected chi connectivity index (χ1v) is 4.55. The van der Waals surface area contributed by atoms with Crippen molar-refractivity contribution in [3.63, 3.8) is 0 Å². The van der Waals surface area contributed by atoms with E-state index in [1.165, 1.54) is 12.1 Å². The molecule has 0 bridgehead atoms. The third-order valence-corrected chi connectivity index (χ3v) is 2.95. The van der Waals surface area contributed by atoms with Crippen LogP contribution in [0.25, 0.3) is 0 Å². The van der Waals surface area contributed by atoms with E-state index in [1.54, 1.807) is 13.0 Å². The fourth-order valence-corrected chi connectivity index (χ4v) is 1.85. The molecule has 1 fully saturated rings. The molecule has 0 amide bonds. The number of alkyl halides is 1. The molecule has 0 saturated heterocycles. The highest BCUT2D eigenvalue weighted by atomic mass is 19.1. The van der Waals surface area contributed by atoms with Crippen molar-refractivity contribution in [1.29, 1.82) is 0 Å². The van der Waals surface area contributed by atoms with Gasteiger partial charge in [-0.05, 0) is 37.5 Å². The van der Waals surface area contributed by atoms with Crippen molar-refractivity contribution in [2.45, 2.75) is 31.4 Å². The summed E-state index contributed by atoms with van der Waals surface area (Å²) in [6, 6.07) is 6.30. The van der Waals surface area contributed by atoms with Crippen LogP contribution in [0.4, 0.5) is 8.78 Å². The molecule has 2 rings (SSSR count). The zero-order valence-electron chi connectivity index (χ0n) is 7.56. The van der Waals surface area contributed by atoms with Crippen LogP contribution in [0.3, 0.4) is 0 Å². The molecule has 13 heavy (non-hydrogen) atoms. The lowest BCUT2D eigenvalue weighted by Crippen LogP contribution is -2.18. The van der Waals surface area contributed by atoms with Gasteiger partial charge in [0, 0.05) is 5.41 Å². The summed E-state index contributed by atoms with van der Waals surface area (Å²) in [5.41, 5.74) is 0.435. The van der Waals surface area contributed by atoms with E-state index in [9.17, 15) is 8.78 Å². The molecule has 0 N–H and O–H groups in total. The molecule has 1 aliphatic carbocycles. The molecule has 1 aromatic carbocycles. The van der Waals surface area contributed by atoms with E-state index in [4.69, 9.17) is 0 Å². The molecule has 0 aliphatic heterocycles. The minimum Gasteiger partial charge on any atom is -0.247 e. The molecule has 1 saturated carbocycles. The van der Waals surface area contributed by atoms with E-state index >= 15 is 0 Å². The smallest absolute Gasteiger partial charge is 0.123 e. The average Bonchev–Trinajstić information content (AvgIpc) is 2.83. The number of rotatable bonds is 2. The molecule has 0 nitrogen and oxygen atoms in total. The maximum absolute atomic E-state index is 13.2. The number of hydrogen-bond acceptors (Lipinski definition) is 0. The SMILES string of the molecule is CC(F)C1(c2cccc(F)c2)CC1. The van der Waals surface area contributed by atoms with Gasteiger partial charge in [-0.2, -0.15) is 0 Å². The fraction of sp³-hybridized carbons (Fsp3) is 0.455. The van der Waals surface area contributed by atoms with Gasteiger partial charge in [0.1, 0.15) is 12.0 Å². The molecule has 0 aromatic heterocycles. The second kappa shape index (κ2) is 2.79. The lowest BCUT2D eigenvalue weighted by Gasteiger charge is -2.16. The lowest BCUT2D eigenvalue weighted by atomic mass is 9.92. The van der Waals surface area contributed by atoms with E-state index in [2.05, 4.69) is 0 Å². The fourth-order valence-electron chi connectivity index (χ4n) is 1.85. The Kier molecular flexibility index (Phi) is 1.86. The summed E-state index contributed by atoms with van der Waals surface area (Å²) in [7, 11) is 0. The summed E-state index contributed by atoms with van der Waals surface area (Å²) in [5, 5.41) is 0. The van der Waals surface area contributed by atoms with Crippen LogP contribution < -0.4 is 0 Å². The van der Waals surface area contributed by atoms with E-state index in [0.717, 1.165) is 18.4 Å². The number of benzene rings is 1. The minimum atomic E-state index is -0.880. The second-order valence-electron chi connectivity index (χ2n) is 3.78. The Morgan fingerprint density at radius 3 is 2.54 bits per heavy atom. The summed E-state index contributed by atoms with van der Waals surface area (Å²) in [6.45, 7) is 1.55. The van der Waals surface area contributed by atoms with Crippen LogP contribution in [0.15, 0.2) is 24.3 Å². The third kappa shape index (κ3) is 1.34. The summed E-state index contributed by atoms with van der Waals surface area (Å²) >= 11 is 0. The third-order valence-electron chi connectivity index (χ3n) is 2.95. The average molecular weight is 182 g/mol.